The highest BCUT2D eigenvalue weighted by molar-refractivity contribution is 6.70. The van der Waals surface area contributed by atoms with Crippen molar-refractivity contribution in [2.75, 3.05) is 0 Å². The SMILES string of the molecule is [B]1N[B]NB([n+]2cc[nH]c2)N1. The van der Waals surface area contributed by atoms with Gasteiger partial charge in [0.1, 0.15) is 12.4 Å². The molecular formula is C3H7B3N5+. The molecule has 0 aromatic carbocycles. The quantitative estimate of drug-likeness (QED) is 0.319. The fraction of sp³-hybridized carbons (Fsp3) is 0. The second-order valence-electron chi connectivity index (χ2n) is 2.25. The van der Waals surface area contributed by atoms with Crippen LogP contribution in [-0.2, 0) is 0 Å². The summed E-state index contributed by atoms with van der Waals surface area (Å²) >= 11 is 0. The zero-order valence-electron chi connectivity index (χ0n) is 5.91. The van der Waals surface area contributed by atoms with Crippen LogP contribution in [0.1, 0.15) is 0 Å². The van der Waals surface area contributed by atoms with Crippen LogP contribution in [0.4, 0.5) is 0 Å². The fourth-order valence-corrected chi connectivity index (χ4v) is 0.978. The molecule has 4 N–H and O–H groups in total. The summed E-state index contributed by atoms with van der Waals surface area (Å²) in [7, 11) is 3.66. The molecule has 1 aliphatic heterocycles. The predicted octanol–water partition coefficient (Wildman–Crippen LogP) is -3.01. The van der Waals surface area contributed by atoms with Gasteiger partial charge in [0, 0.05) is 0 Å². The summed E-state index contributed by atoms with van der Waals surface area (Å²) in [6.45, 7) is 0. The second kappa shape index (κ2) is 3.12. The Bertz CT molecular complexity index is 207. The van der Waals surface area contributed by atoms with Crippen LogP contribution in [0.2, 0.25) is 0 Å². The van der Waals surface area contributed by atoms with E-state index in [-0.39, 0.29) is 7.12 Å². The van der Waals surface area contributed by atoms with Crippen molar-refractivity contribution in [2.24, 2.45) is 0 Å². The molecule has 0 amide bonds. The molecule has 52 valence electrons. The predicted molar refractivity (Wildman–Crippen MR) is 43.1 cm³/mol. The first-order chi connectivity index (χ1) is 5.47. The van der Waals surface area contributed by atoms with Crippen LogP contribution in [0.15, 0.2) is 18.7 Å². The van der Waals surface area contributed by atoms with E-state index in [1.165, 1.54) is 0 Å². The van der Waals surface area contributed by atoms with Crippen LogP contribution in [0.25, 0.3) is 0 Å². The number of rotatable bonds is 1. The lowest BCUT2D eigenvalue weighted by atomic mass is 9.75. The highest BCUT2D eigenvalue weighted by atomic mass is 15.2. The number of aromatic nitrogens is 2. The standard InChI is InChI=1S/C3H6B3N5/c1-2-11(3-7-1)6-9-4-8-5-10-6/h1-3,8-10H/p+1. The van der Waals surface area contributed by atoms with Gasteiger partial charge in [0.15, 0.2) is 0 Å². The van der Waals surface area contributed by atoms with E-state index in [0.29, 0.717) is 0 Å². The molecular weight excluding hydrogens is 139 g/mol. The number of hydrogen-bond acceptors (Lipinski definition) is 3. The van der Waals surface area contributed by atoms with Gasteiger partial charge in [0.05, 0.1) is 0 Å². The van der Waals surface area contributed by atoms with Crippen molar-refractivity contribution in [1.29, 1.82) is 0 Å². The van der Waals surface area contributed by atoms with Crippen molar-refractivity contribution in [2.45, 2.75) is 0 Å². The Kier molecular flexibility index (Phi) is 1.98. The number of H-pyrrole nitrogens is 1. The van der Waals surface area contributed by atoms with E-state index in [2.05, 4.69) is 20.4 Å². The minimum absolute atomic E-state index is 0.0995. The Morgan fingerprint density at radius 1 is 1.27 bits per heavy atom. The van der Waals surface area contributed by atoms with Crippen molar-refractivity contribution in [3.05, 3.63) is 18.7 Å². The topological polar surface area (TPSA) is 55.8 Å². The van der Waals surface area contributed by atoms with Gasteiger partial charge in [-0.05, 0) is 0 Å². The molecule has 5 nitrogen and oxygen atoms in total. The van der Waals surface area contributed by atoms with E-state index in [9.17, 15) is 0 Å². The summed E-state index contributed by atoms with van der Waals surface area (Å²) in [6, 6.07) is 0. The molecule has 11 heavy (non-hydrogen) atoms. The Morgan fingerprint density at radius 2 is 2.09 bits per heavy atom. The average Bonchev–Trinajstić information content (AvgIpc) is 2.58. The van der Waals surface area contributed by atoms with Crippen LogP contribution in [0.3, 0.4) is 0 Å². The minimum Gasteiger partial charge on any atom is -0.379 e. The number of imidazole rings is 1. The van der Waals surface area contributed by atoms with E-state index in [1.807, 2.05) is 23.2 Å². The number of aromatic amines is 1. The fourth-order valence-electron chi connectivity index (χ4n) is 0.978. The van der Waals surface area contributed by atoms with E-state index in [0.717, 1.165) is 0 Å². The lowest BCUT2D eigenvalue weighted by Crippen LogP contribution is -2.75. The van der Waals surface area contributed by atoms with Crippen molar-refractivity contribution < 1.29 is 4.48 Å². The lowest BCUT2D eigenvalue weighted by molar-refractivity contribution is -0.539. The van der Waals surface area contributed by atoms with Gasteiger partial charge < -0.3 is 15.4 Å². The summed E-state index contributed by atoms with van der Waals surface area (Å²) in [5, 5.41) is 9.05. The summed E-state index contributed by atoms with van der Waals surface area (Å²) in [4.78, 5) is 2.96. The van der Waals surface area contributed by atoms with Gasteiger partial charge in [0.25, 0.3) is 15.1 Å². The minimum atomic E-state index is 0.0995. The van der Waals surface area contributed by atoms with E-state index in [4.69, 9.17) is 0 Å². The van der Waals surface area contributed by atoms with Gasteiger partial charge in [-0.2, -0.15) is 0 Å². The maximum atomic E-state index is 3.09. The van der Waals surface area contributed by atoms with Gasteiger partial charge in [-0.25, -0.2) is 0 Å². The van der Waals surface area contributed by atoms with E-state index < -0.39 is 0 Å². The third-order valence-corrected chi connectivity index (χ3v) is 1.51. The van der Waals surface area contributed by atoms with Gasteiger partial charge >= 0.3 is 7.12 Å². The molecule has 1 aromatic heterocycles. The maximum Gasteiger partial charge on any atom is 0.537 e. The largest absolute Gasteiger partial charge is 0.537 e. The molecule has 0 spiro atoms. The van der Waals surface area contributed by atoms with Crippen molar-refractivity contribution in [3.8, 4) is 0 Å². The van der Waals surface area contributed by atoms with Crippen LogP contribution >= 0.6 is 0 Å². The normalized spacial score (nSPS) is 17.3. The second-order valence-corrected chi connectivity index (χ2v) is 2.25. The van der Waals surface area contributed by atoms with Crippen LogP contribution < -0.4 is 19.9 Å². The molecule has 0 bridgehead atoms. The zero-order valence-corrected chi connectivity index (χ0v) is 5.91. The maximum absolute atomic E-state index is 3.09. The van der Waals surface area contributed by atoms with Gasteiger partial charge in [0.2, 0.25) is 6.33 Å². The van der Waals surface area contributed by atoms with Crippen LogP contribution in [0, 0.1) is 0 Å². The Labute approximate surface area is 66.7 Å². The summed E-state index contributed by atoms with van der Waals surface area (Å²) in [6.07, 6.45) is 5.68. The Morgan fingerprint density at radius 3 is 2.73 bits per heavy atom. The smallest absolute Gasteiger partial charge is 0.379 e. The molecule has 2 heterocycles. The molecule has 0 saturated carbocycles. The summed E-state index contributed by atoms with van der Waals surface area (Å²) < 4.78 is 1.98. The van der Waals surface area contributed by atoms with Crippen LogP contribution in [0.5, 0.6) is 0 Å². The highest BCUT2D eigenvalue weighted by Gasteiger charge is 2.26. The van der Waals surface area contributed by atoms with Gasteiger partial charge in [-0.3, -0.25) is 9.46 Å². The molecule has 1 aliphatic rings. The van der Waals surface area contributed by atoms with Crippen LogP contribution in [-0.4, -0.2) is 27.2 Å². The van der Waals surface area contributed by atoms with Gasteiger partial charge in [-0.1, -0.05) is 0 Å². The Balaban J connectivity index is 2.04. The molecule has 8 heteroatoms. The first-order valence-electron chi connectivity index (χ1n) is 3.42. The van der Waals surface area contributed by atoms with Crippen molar-refractivity contribution >= 4 is 22.2 Å². The first kappa shape index (κ1) is 6.96. The number of nitrogens with zero attached hydrogens (tertiary/aromatic N) is 1. The van der Waals surface area contributed by atoms with E-state index >= 15 is 0 Å². The third kappa shape index (κ3) is 1.47. The average molecular weight is 146 g/mol. The summed E-state index contributed by atoms with van der Waals surface area (Å²) in [5.74, 6) is 0. The van der Waals surface area contributed by atoms with Gasteiger partial charge in [-0.15, -0.1) is 0 Å². The van der Waals surface area contributed by atoms with Crippen molar-refractivity contribution in [3.63, 3.8) is 0 Å². The van der Waals surface area contributed by atoms with E-state index in [1.54, 1.807) is 15.1 Å². The molecule has 1 saturated heterocycles. The zero-order chi connectivity index (χ0) is 7.52. The number of hydrogen-bond donors (Lipinski definition) is 4. The Hall–Kier alpha value is -0.715. The molecule has 1 fully saturated rings. The summed E-state index contributed by atoms with van der Waals surface area (Å²) in [5.41, 5.74) is 0. The molecule has 2 rings (SSSR count). The molecule has 0 atom stereocenters. The molecule has 2 radical (unpaired) electrons. The molecule has 0 aliphatic carbocycles. The highest BCUT2D eigenvalue weighted by Crippen LogP contribution is 1.70. The third-order valence-electron chi connectivity index (χ3n) is 1.51. The van der Waals surface area contributed by atoms with Crippen molar-refractivity contribution in [1.82, 2.24) is 20.4 Å². The molecule has 1 aromatic rings. The first-order valence-corrected chi connectivity index (χ1v) is 3.42. The number of nitrogens with one attached hydrogen (secondary N) is 4. The lowest BCUT2D eigenvalue weighted by Gasteiger charge is -2.15. The molecule has 0 unspecified atom stereocenters. The monoisotopic (exact) mass is 146 g/mol.